The number of hydrogen-bond donors (Lipinski definition) is 2. The van der Waals surface area contributed by atoms with Crippen molar-refractivity contribution < 1.29 is 14.0 Å². The number of anilines is 2. The van der Waals surface area contributed by atoms with Gasteiger partial charge < -0.3 is 20.0 Å². The Morgan fingerprint density at radius 1 is 1.03 bits per heavy atom. The summed E-state index contributed by atoms with van der Waals surface area (Å²) in [6, 6.07) is 12.0. The second-order valence-corrected chi connectivity index (χ2v) is 7.58. The number of furan rings is 1. The summed E-state index contributed by atoms with van der Waals surface area (Å²) >= 11 is 6.28. The molecule has 160 valence electrons. The van der Waals surface area contributed by atoms with E-state index in [9.17, 15) is 9.59 Å². The fraction of sp³-hybridized carbons (Fsp3) is 0.227. The van der Waals surface area contributed by atoms with Crippen LogP contribution in [0.15, 0.2) is 65.5 Å². The van der Waals surface area contributed by atoms with E-state index in [1.54, 1.807) is 47.6 Å². The maximum absolute atomic E-state index is 12.6. The van der Waals surface area contributed by atoms with Gasteiger partial charge in [-0.15, -0.1) is 0 Å². The molecule has 0 bridgehead atoms. The van der Waals surface area contributed by atoms with E-state index in [-0.39, 0.29) is 11.8 Å². The summed E-state index contributed by atoms with van der Waals surface area (Å²) in [4.78, 5) is 32.8. The molecule has 8 nitrogen and oxygen atoms in total. The Balaban J connectivity index is 1.28. The molecular formula is C22H22ClN5O3. The highest BCUT2D eigenvalue weighted by Crippen LogP contribution is 2.26. The van der Waals surface area contributed by atoms with Crippen LogP contribution in [0.5, 0.6) is 0 Å². The summed E-state index contributed by atoms with van der Waals surface area (Å²) in [5.74, 6) is -0.204. The smallest absolute Gasteiger partial charge is 0.321 e. The van der Waals surface area contributed by atoms with Crippen molar-refractivity contribution >= 4 is 34.9 Å². The predicted molar refractivity (Wildman–Crippen MR) is 118 cm³/mol. The zero-order valence-corrected chi connectivity index (χ0v) is 17.5. The Labute approximate surface area is 184 Å². The van der Waals surface area contributed by atoms with Crippen LogP contribution in [-0.2, 0) is 6.54 Å². The zero-order chi connectivity index (χ0) is 21.6. The third-order valence-corrected chi connectivity index (χ3v) is 5.34. The summed E-state index contributed by atoms with van der Waals surface area (Å²) in [6.45, 7) is 3.73. The highest BCUT2D eigenvalue weighted by atomic mass is 35.5. The Bertz CT molecular complexity index is 1030. The van der Waals surface area contributed by atoms with E-state index in [2.05, 4.69) is 20.5 Å². The van der Waals surface area contributed by atoms with Crippen molar-refractivity contribution in [3.8, 4) is 0 Å². The van der Waals surface area contributed by atoms with E-state index < -0.39 is 5.91 Å². The van der Waals surface area contributed by atoms with Crippen LogP contribution in [0.4, 0.5) is 16.2 Å². The number of nitrogens with zero attached hydrogens (tertiary/aromatic N) is 3. The number of halogens is 1. The second-order valence-electron chi connectivity index (χ2n) is 7.17. The molecule has 1 aliphatic heterocycles. The first-order chi connectivity index (χ1) is 15.1. The van der Waals surface area contributed by atoms with E-state index in [0.717, 1.165) is 19.6 Å². The molecule has 1 aliphatic rings. The summed E-state index contributed by atoms with van der Waals surface area (Å²) < 4.78 is 5.07. The topological polar surface area (TPSA) is 90.7 Å². The van der Waals surface area contributed by atoms with Crippen LogP contribution in [0, 0.1) is 0 Å². The number of hydrogen-bond acceptors (Lipinski definition) is 5. The standard InChI is InChI=1S/C22H22ClN5O3/c23-18-14-17(3-4-19(18)26-21(29)20-2-1-13-31-20)25-22(30)28-11-9-27(10-12-28)15-16-5-7-24-8-6-16/h1-8,13-14H,9-12,15H2,(H,25,30)(H,26,29). The van der Waals surface area contributed by atoms with Gasteiger partial charge in [-0.05, 0) is 48.0 Å². The normalized spacial score (nSPS) is 14.3. The lowest BCUT2D eigenvalue weighted by Crippen LogP contribution is -2.49. The van der Waals surface area contributed by atoms with Crippen LogP contribution in [0.1, 0.15) is 16.1 Å². The number of carbonyl (C=O) groups excluding carboxylic acids is 2. The van der Waals surface area contributed by atoms with Crippen molar-refractivity contribution in [2.24, 2.45) is 0 Å². The molecular weight excluding hydrogens is 418 g/mol. The fourth-order valence-electron chi connectivity index (χ4n) is 3.34. The van der Waals surface area contributed by atoms with Gasteiger partial charge in [0.2, 0.25) is 0 Å². The second kappa shape index (κ2) is 9.63. The van der Waals surface area contributed by atoms with Gasteiger partial charge in [-0.1, -0.05) is 11.6 Å². The van der Waals surface area contributed by atoms with Crippen molar-refractivity contribution in [1.29, 1.82) is 0 Å². The molecule has 0 atom stereocenters. The number of rotatable bonds is 5. The molecule has 3 heterocycles. The summed E-state index contributed by atoms with van der Waals surface area (Å²) in [5.41, 5.74) is 2.21. The summed E-state index contributed by atoms with van der Waals surface area (Å²) in [5, 5.41) is 5.87. The van der Waals surface area contributed by atoms with Gasteiger partial charge in [0.1, 0.15) is 0 Å². The maximum atomic E-state index is 12.6. The number of nitrogens with one attached hydrogen (secondary N) is 2. The SMILES string of the molecule is O=C(Nc1ccc(NC(=O)N2CCN(Cc3ccncc3)CC2)cc1Cl)c1ccco1. The third-order valence-electron chi connectivity index (χ3n) is 5.03. The highest BCUT2D eigenvalue weighted by Gasteiger charge is 2.21. The quantitative estimate of drug-likeness (QED) is 0.628. The van der Waals surface area contributed by atoms with E-state index in [1.165, 1.54) is 11.8 Å². The fourth-order valence-corrected chi connectivity index (χ4v) is 3.57. The van der Waals surface area contributed by atoms with Gasteiger partial charge in [0.05, 0.1) is 17.0 Å². The Kier molecular flexibility index (Phi) is 6.49. The first kappa shape index (κ1) is 20.9. The first-order valence-electron chi connectivity index (χ1n) is 9.90. The first-order valence-corrected chi connectivity index (χ1v) is 10.3. The minimum atomic E-state index is -0.395. The minimum absolute atomic E-state index is 0.174. The van der Waals surface area contributed by atoms with E-state index in [4.69, 9.17) is 16.0 Å². The molecule has 0 aliphatic carbocycles. The molecule has 0 spiro atoms. The van der Waals surface area contributed by atoms with Crippen LogP contribution < -0.4 is 10.6 Å². The van der Waals surface area contributed by atoms with Gasteiger partial charge in [-0.25, -0.2) is 4.79 Å². The minimum Gasteiger partial charge on any atom is -0.459 e. The molecule has 1 saturated heterocycles. The maximum Gasteiger partial charge on any atom is 0.321 e. The van der Waals surface area contributed by atoms with Crippen LogP contribution >= 0.6 is 11.6 Å². The molecule has 31 heavy (non-hydrogen) atoms. The van der Waals surface area contributed by atoms with Gasteiger partial charge in [-0.2, -0.15) is 0 Å². The van der Waals surface area contributed by atoms with E-state index in [0.29, 0.717) is 29.5 Å². The van der Waals surface area contributed by atoms with Crippen LogP contribution in [0.2, 0.25) is 5.02 Å². The predicted octanol–water partition coefficient (Wildman–Crippen LogP) is 3.93. The molecule has 9 heteroatoms. The van der Waals surface area contributed by atoms with E-state index >= 15 is 0 Å². The number of pyridine rings is 1. The summed E-state index contributed by atoms with van der Waals surface area (Å²) in [6.07, 6.45) is 5.00. The molecule has 1 fully saturated rings. The van der Waals surface area contributed by atoms with Crippen molar-refractivity contribution in [3.05, 3.63) is 77.5 Å². The van der Waals surface area contributed by atoms with Gasteiger partial charge in [-0.3, -0.25) is 14.7 Å². The number of piperazine rings is 1. The highest BCUT2D eigenvalue weighted by molar-refractivity contribution is 6.34. The summed E-state index contributed by atoms with van der Waals surface area (Å²) in [7, 11) is 0. The van der Waals surface area contributed by atoms with Crippen LogP contribution in [0.3, 0.4) is 0 Å². The van der Waals surface area contributed by atoms with Crippen LogP contribution in [0.25, 0.3) is 0 Å². The number of urea groups is 1. The van der Waals surface area contributed by atoms with Crippen LogP contribution in [-0.4, -0.2) is 52.9 Å². The monoisotopic (exact) mass is 439 g/mol. The molecule has 0 radical (unpaired) electrons. The Hall–Kier alpha value is -3.36. The molecule has 4 rings (SSSR count). The van der Waals surface area contributed by atoms with Gasteiger partial charge in [0, 0.05) is 50.8 Å². The van der Waals surface area contributed by atoms with Crippen molar-refractivity contribution in [2.75, 3.05) is 36.8 Å². The Morgan fingerprint density at radius 2 is 1.81 bits per heavy atom. The lowest BCUT2D eigenvalue weighted by atomic mass is 10.2. The molecule has 3 aromatic rings. The van der Waals surface area contributed by atoms with Gasteiger partial charge >= 0.3 is 6.03 Å². The lowest BCUT2D eigenvalue weighted by Gasteiger charge is -2.34. The molecule has 0 saturated carbocycles. The number of benzene rings is 1. The molecule has 2 N–H and O–H groups in total. The zero-order valence-electron chi connectivity index (χ0n) is 16.8. The van der Waals surface area contributed by atoms with Crippen molar-refractivity contribution in [3.63, 3.8) is 0 Å². The molecule has 1 aromatic carbocycles. The number of carbonyl (C=O) groups is 2. The number of amides is 3. The lowest BCUT2D eigenvalue weighted by molar-refractivity contribution is 0.0996. The largest absolute Gasteiger partial charge is 0.459 e. The number of aromatic nitrogens is 1. The van der Waals surface area contributed by atoms with Crippen molar-refractivity contribution in [1.82, 2.24) is 14.8 Å². The van der Waals surface area contributed by atoms with Gasteiger partial charge in [0.25, 0.3) is 5.91 Å². The van der Waals surface area contributed by atoms with Crippen molar-refractivity contribution in [2.45, 2.75) is 6.54 Å². The average Bonchev–Trinajstić information content (AvgIpc) is 3.32. The van der Waals surface area contributed by atoms with E-state index in [1.807, 2.05) is 12.1 Å². The Morgan fingerprint density at radius 3 is 2.48 bits per heavy atom. The third kappa shape index (κ3) is 5.42. The molecule has 0 unspecified atom stereocenters. The average molecular weight is 440 g/mol. The van der Waals surface area contributed by atoms with Gasteiger partial charge in [0.15, 0.2) is 5.76 Å². The molecule has 2 aromatic heterocycles. The molecule has 3 amide bonds.